The molecule has 1 aliphatic rings. The summed E-state index contributed by atoms with van der Waals surface area (Å²) in [6.07, 6.45) is -0.243. The lowest BCUT2D eigenvalue weighted by Gasteiger charge is -2.35. The van der Waals surface area contributed by atoms with Crippen molar-refractivity contribution in [2.75, 3.05) is 31.1 Å². The molecule has 23 heavy (non-hydrogen) atoms. The molecular formula is C16H21BrN4O2. The van der Waals surface area contributed by atoms with Crippen LogP contribution in [0, 0.1) is 0 Å². The molecule has 0 atom stereocenters. The molecule has 2 aromatic rings. The van der Waals surface area contributed by atoms with Crippen molar-refractivity contribution in [1.82, 2.24) is 15.1 Å². The molecule has 1 amide bonds. The minimum Gasteiger partial charge on any atom is -0.444 e. The second-order valence-electron chi connectivity index (χ2n) is 6.69. The summed E-state index contributed by atoms with van der Waals surface area (Å²) >= 11 is 3.47. The van der Waals surface area contributed by atoms with Gasteiger partial charge in [-0.25, -0.2) is 4.79 Å². The number of nitrogens with zero attached hydrogens (tertiary/aromatic N) is 3. The van der Waals surface area contributed by atoms with Crippen LogP contribution in [0.4, 0.5) is 10.6 Å². The number of benzene rings is 1. The Bertz CT molecular complexity index is 714. The van der Waals surface area contributed by atoms with Gasteiger partial charge in [-0.3, -0.25) is 5.10 Å². The van der Waals surface area contributed by atoms with E-state index >= 15 is 0 Å². The quantitative estimate of drug-likeness (QED) is 0.823. The molecule has 0 saturated carbocycles. The monoisotopic (exact) mass is 380 g/mol. The van der Waals surface area contributed by atoms with Gasteiger partial charge in [-0.15, -0.1) is 0 Å². The zero-order valence-electron chi connectivity index (χ0n) is 13.6. The Labute approximate surface area is 143 Å². The molecule has 1 aliphatic heterocycles. The largest absolute Gasteiger partial charge is 0.444 e. The Morgan fingerprint density at radius 2 is 1.96 bits per heavy atom. The first-order valence-electron chi connectivity index (χ1n) is 7.70. The highest BCUT2D eigenvalue weighted by Gasteiger charge is 2.27. The summed E-state index contributed by atoms with van der Waals surface area (Å²) in [6.45, 7) is 8.42. The third-order valence-corrected chi connectivity index (χ3v) is 4.23. The first-order valence-corrected chi connectivity index (χ1v) is 8.49. The Hall–Kier alpha value is -1.76. The molecular weight excluding hydrogens is 360 g/mol. The van der Waals surface area contributed by atoms with Gasteiger partial charge < -0.3 is 14.5 Å². The fourth-order valence-electron chi connectivity index (χ4n) is 2.65. The molecule has 3 rings (SSSR count). The number of ether oxygens (including phenoxy) is 1. The van der Waals surface area contributed by atoms with E-state index in [0.717, 1.165) is 34.3 Å². The summed E-state index contributed by atoms with van der Waals surface area (Å²) in [5, 5.41) is 8.60. The van der Waals surface area contributed by atoms with E-state index < -0.39 is 5.60 Å². The van der Waals surface area contributed by atoms with Gasteiger partial charge in [0, 0.05) is 36.0 Å². The van der Waals surface area contributed by atoms with Crippen LogP contribution in [0.15, 0.2) is 22.7 Å². The summed E-state index contributed by atoms with van der Waals surface area (Å²) in [6, 6.07) is 6.08. The van der Waals surface area contributed by atoms with E-state index in [1.54, 1.807) is 4.90 Å². The average molecular weight is 381 g/mol. The number of nitrogens with one attached hydrogen (secondary N) is 1. The number of halogens is 1. The number of aromatic nitrogens is 2. The Morgan fingerprint density at radius 1 is 1.26 bits per heavy atom. The van der Waals surface area contributed by atoms with E-state index in [4.69, 9.17) is 4.74 Å². The first kappa shape index (κ1) is 16.1. The summed E-state index contributed by atoms with van der Waals surface area (Å²) < 4.78 is 6.45. The average Bonchev–Trinajstić information content (AvgIpc) is 2.88. The normalized spacial score (nSPS) is 16.0. The van der Waals surface area contributed by atoms with Crippen molar-refractivity contribution >= 4 is 38.7 Å². The maximum atomic E-state index is 12.1. The van der Waals surface area contributed by atoms with Crippen molar-refractivity contribution in [1.29, 1.82) is 0 Å². The SMILES string of the molecule is CC(C)(C)OC(=O)N1CCN(c2n[nH]c3cc(Br)ccc23)CC1. The standard InChI is InChI=1S/C16H21BrN4O2/c1-16(2,3)23-15(22)21-8-6-20(7-9-21)14-12-5-4-11(17)10-13(12)18-19-14/h4-5,10H,6-9H2,1-3H3,(H,18,19). The minimum absolute atomic E-state index is 0.243. The van der Waals surface area contributed by atoms with E-state index in [9.17, 15) is 4.79 Å². The van der Waals surface area contributed by atoms with Crippen LogP contribution >= 0.6 is 15.9 Å². The Balaban J connectivity index is 1.67. The molecule has 0 radical (unpaired) electrons. The first-order chi connectivity index (χ1) is 10.8. The van der Waals surface area contributed by atoms with Gasteiger partial charge in [-0.2, -0.15) is 5.10 Å². The number of hydrogen-bond donors (Lipinski definition) is 1. The molecule has 1 saturated heterocycles. The van der Waals surface area contributed by atoms with Crippen LogP contribution < -0.4 is 4.90 Å². The second-order valence-corrected chi connectivity index (χ2v) is 7.61. The minimum atomic E-state index is -0.458. The summed E-state index contributed by atoms with van der Waals surface area (Å²) in [5.74, 6) is 0.941. The third kappa shape index (κ3) is 3.60. The molecule has 6 nitrogen and oxygen atoms in total. The highest BCUT2D eigenvalue weighted by Crippen LogP contribution is 2.27. The lowest BCUT2D eigenvalue weighted by molar-refractivity contribution is 0.0240. The number of carbonyl (C=O) groups excluding carboxylic acids is 1. The molecule has 0 aliphatic carbocycles. The van der Waals surface area contributed by atoms with Crippen LogP contribution in [0.1, 0.15) is 20.8 Å². The molecule has 7 heteroatoms. The highest BCUT2D eigenvalue weighted by atomic mass is 79.9. The van der Waals surface area contributed by atoms with Crippen LogP contribution in [0.3, 0.4) is 0 Å². The van der Waals surface area contributed by atoms with Crippen LogP contribution in [0.2, 0.25) is 0 Å². The smallest absolute Gasteiger partial charge is 0.410 e. The molecule has 2 heterocycles. The molecule has 1 N–H and O–H groups in total. The Morgan fingerprint density at radius 3 is 2.61 bits per heavy atom. The fourth-order valence-corrected chi connectivity index (χ4v) is 3.01. The van der Waals surface area contributed by atoms with Crippen LogP contribution in [0.25, 0.3) is 10.9 Å². The number of fused-ring (bicyclic) bond motifs is 1. The zero-order valence-corrected chi connectivity index (χ0v) is 15.2. The van der Waals surface area contributed by atoms with Crippen molar-refractivity contribution in [2.24, 2.45) is 0 Å². The van der Waals surface area contributed by atoms with E-state index in [1.807, 2.05) is 32.9 Å². The summed E-state index contributed by atoms with van der Waals surface area (Å²) in [5.41, 5.74) is 0.545. The number of carbonyl (C=O) groups is 1. The number of piperazine rings is 1. The van der Waals surface area contributed by atoms with Crippen molar-refractivity contribution in [3.05, 3.63) is 22.7 Å². The Kier molecular flexibility index (Phi) is 4.23. The molecule has 0 bridgehead atoms. The van der Waals surface area contributed by atoms with Gasteiger partial charge >= 0.3 is 6.09 Å². The fraction of sp³-hybridized carbons (Fsp3) is 0.500. The lowest BCUT2D eigenvalue weighted by Crippen LogP contribution is -2.50. The molecule has 1 aromatic carbocycles. The number of H-pyrrole nitrogens is 1. The van der Waals surface area contributed by atoms with Crippen molar-refractivity contribution in [3.8, 4) is 0 Å². The van der Waals surface area contributed by atoms with E-state index in [0.29, 0.717) is 13.1 Å². The summed E-state index contributed by atoms with van der Waals surface area (Å²) in [4.78, 5) is 16.1. The highest BCUT2D eigenvalue weighted by molar-refractivity contribution is 9.10. The molecule has 1 aromatic heterocycles. The number of amides is 1. The lowest BCUT2D eigenvalue weighted by atomic mass is 10.2. The van der Waals surface area contributed by atoms with Crippen LogP contribution in [-0.2, 0) is 4.74 Å². The second kappa shape index (κ2) is 6.03. The number of anilines is 1. The number of rotatable bonds is 1. The van der Waals surface area contributed by atoms with Crippen molar-refractivity contribution in [3.63, 3.8) is 0 Å². The van der Waals surface area contributed by atoms with Gasteiger partial charge in [0.15, 0.2) is 5.82 Å². The van der Waals surface area contributed by atoms with Gasteiger partial charge in [-0.1, -0.05) is 15.9 Å². The van der Waals surface area contributed by atoms with Gasteiger partial charge in [0.2, 0.25) is 0 Å². The molecule has 124 valence electrons. The predicted octanol–water partition coefficient (Wildman–Crippen LogP) is 3.38. The van der Waals surface area contributed by atoms with Crippen LogP contribution in [0.5, 0.6) is 0 Å². The van der Waals surface area contributed by atoms with Gasteiger partial charge in [0.05, 0.1) is 5.52 Å². The summed E-state index contributed by atoms with van der Waals surface area (Å²) in [7, 11) is 0. The molecule has 0 unspecified atom stereocenters. The number of aromatic amines is 1. The van der Waals surface area contributed by atoms with Gasteiger partial charge in [-0.05, 0) is 39.0 Å². The maximum absolute atomic E-state index is 12.1. The topological polar surface area (TPSA) is 61.5 Å². The maximum Gasteiger partial charge on any atom is 0.410 e. The van der Waals surface area contributed by atoms with Crippen LogP contribution in [-0.4, -0.2) is 53.0 Å². The zero-order chi connectivity index (χ0) is 16.6. The van der Waals surface area contributed by atoms with E-state index in [-0.39, 0.29) is 6.09 Å². The van der Waals surface area contributed by atoms with E-state index in [2.05, 4.69) is 37.1 Å². The predicted molar refractivity (Wildman–Crippen MR) is 93.8 cm³/mol. The molecule has 1 fully saturated rings. The van der Waals surface area contributed by atoms with Gasteiger partial charge in [0.1, 0.15) is 5.60 Å². The number of hydrogen-bond acceptors (Lipinski definition) is 4. The van der Waals surface area contributed by atoms with E-state index in [1.165, 1.54) is 0 Å². The molecule has 0 spiro atoms. The third-order valence-electron chi connectivity index (χ3n) is 3.74. The van der Waals surface area contributed by atoms with Gasteiger partial charge in [0.25, 0.3) is 0 Å². The van der Waals surface area contributed by atoms with Crippen molar-refractivity contribution < 1.29 is 9.53 Å². The van der Waals surface area contributed by atoms with Crippen molar-refractivity contribution in [2.45, 2.75) is 26.4 Å².